The maximum Gasteiger partial charge on any atom is 0.140 e. The van der Waals surface area contributed by atoms with Crippen LogP contribution in [0.2, 0.25) is 0 Å². The number of rotatable bonds is 5. The van der Waals surface area contributed by atoms with E-state index in [2.05, 4.69) is 26.2 Å². The summed E-state index contributed by atoms with van der Waals surface area (Å²) >= 11 is 3.41. The van der Waals surface area contributed by atoms with Crippen LogP contribution in [0.5, 0.6) is 0 Å². The minimum absolute atomic E-state index is 0.775. The van der Waals surface area contributed by atoms with Crippen LogP contribution in [0.15, 0.2) is 22.8 Å². The number of hydrogen-bond donors (Lipinski definition) is 1. The quantitative estimate of drug-likeness (QED) is 0.808. The fourth-order valence-corrected chi connectivity index (χ4v) is 1.33. The van der Waals surface area contributed by atoms with Crippen molar-refractivity contribution in [3.05, 3.63) is 22.8 Å². The third kappa shape index (κ3) is 3.74. The van der Waals surface area contributed by atoms with Crippen molar-refractivity contribution >= 4 is 21.7 Å². The smallest absolute Gasteiger partial charge is 0.140 e. The zero-order chi connectivity index (χ0) is 9.52. The van der Waals surface area contributed by atoms with E-state index >= 15 is 0 Å². The van der Waals surface area contributed by atoms with Gasteiger partial charge in [-0.05, 0) is 34.5 Å². The molecule has 0 amide bonds. The zero-order valence-corrected chi connectivity index (χ0v) is 9.17. The van der Waals surface area contributed by atoms with E-state index in [1.807, 2.05) is 12.1 Å². The van der Waals surface area contributed by atoms with Crippen LogP contribution < -0.4 is 5.32 Å². The molecule has 1 heterocycles. The highest BCUT2D eigenvalue weighted by molar-refractivity contribution is 9.10. The van der Waals surface area contributed by atoms with Crippen LogP contribution in [-0.2, 0) is 4.74 Å². The van der Waals surface area contributed by atoms with E-state index in [0.717, 1.165) is 29.9 Å². The van der Waals surface area contributed by atoms with Crippen molar-refractivity contribution in [3.63, 3.8) is 0 Å². The Balaban J connectivity index is 2.32. The van der Waals surface area contributed by atoms with Crippen LogP contribution in [-0.4, -0.2) is 25.2 Å². The predicted octanol–water partition coefficient (Wildman–Crippen LogP) is 2.29. The monoisotopic (exact) mass is 244 g/mol. The molecule has 0 fully saturated rings. The average Bonchev–Trinajstić information content (AvgIpc) is 2.15. The Hall–Kier alpha value is -0.610. The third-order valence-electron chi connectivity index (χ3n) is 1.58. The molecule has 0 radical (unpaired) electrons. The first-order chi connectivity index (χ1) is 6.34. The highest BCUT2D eigenvalue weighted by Crippen LogP contribution is 2.17. The molecule has 0 atom stereocenters. The van der Waals surface area contributed by atoms with Crippen LogP contribution in [0.4, 0.5) is 5.82 Å². The molecule has 0 spiro atoms. The minimum Gasteiger partial charge on any atom is -0.385 e. The highest BCUT2D eigenvalue weighted by Gasteiger charge is 1.97. The van der Waals surface area contributed by atoms with Gasteiger partial charge in [0.2, 0.25) is 0 Å². The van der Waals surface area contributed by atoms with E-state index in [1.165, 1.54) is 0 Å². The Bertz CT molecular complexity index is 255. The van der Waals surface area contributed by atoms with Gasteiger partial charge in [0.1, 0.15) is 5.82 Å². The Morgan fingerprint density at radius 1 is 1.62 bits per heavy atom. The summed E-state index contributed by atoms with van der Waals surface area (Å²) < 4.78 is 5.93. The van der Waals surface area contributed by atoms with Crippen molar-refractivity contribution in [3.8, 4) is 0 Å². The van der Waals surface area contributed by atoms with E-state index in [1.54, 1.807) is 13.3 Å². The van der Waals surface area contributed by atoms with Crippen molar-refractivity contribution in [1.82, 2.24) is 4.98 Å². The molecule has 0 unspecified atom stereocenters. The topological polar surface area (TPSA) is 34.1 Å². The summed E-state index contributed by atoms with van der Waals surface area (Å²) in [6.07, 6.45) is 2.75. The molecule has 0 aliphatic rings. The van der Waals surface area contributed by atoms with E-state index in [0.29, 0.717) is 0 Å². The molecule has 0 saturated heterocycles. The summed E-state index contributed by atoms with van der Waals surface area (Å²) in [5.74, 6) is 0.888. The lowest BCUT2D eigenvalue weighted by molar-refractivity contribution is 0.197. The SMILES string of the molecule is COCCCNc1ncccc1Br. The number of nitrogens with one attached hydrogen (secondary N) is 1. The predicted molar refractivity (Wildman–Crippen MR) is 56.9 cm³/mol. The van der Waals surface area contributed by atoms with Gasteiger partial charge in [-0.2, -0.15) is 0 Å². The molecule has 1 aromatic rings. The number of nitrogens with zero attached hydrogens (tertiary/aromatic N) is 1. The number of pyridine rings is 1. The Labute approximate surface area is 86.6 Å². The van der Waals surface area contributed by atoms with Gasteiger partial charge in [-0.25, -0.2) is 4.98 Å². The van der Waals surface area contributed by atoms with Crippen molar-refractivity contribution in [2.45, 2.75) is 6.42 Å². The maximum absolute atomic E-state index is 4.94. The van der Waals surface area contributed by atoms with Gasteiger partial charge in [-0.3, -0.25) is 0 Å². The molecular weight excluding hydrogens is 232 g/mol. The number of anilines is 1. The molecule has 0 aromatic carbocycles. The Kier molecular flexibility index (Phi) is 4.78. The molecule has 13 heavy (non-hydrogen) atoms. The molecule has 1 rings (SSSR count). The van der Waals surface area contributed by atoms with E-state index in [4.69, 9.17) is 4.74 Å². The van der Waals surface area contributed by atoms with Crippen LogP contribution in [0.1, 0.15) is 6.42 Å². The Morgan fingerprint density at radius 3 is 3.15 bits per heavy atom. The van der Waals surface area contributed by atoms with Crippen LogP contribution in [0.3, 0.4) is 0 Å². The van der Waals surface area contributed by atoms with Gasteiger partial charge in [0, 0.05) is 26.5 Å². The van der Waals surface area contributed by atoms with Gasteiger partial charge in [0.05, 0.1) is 4.47 Å². The molecule has 4 heteroatoms. The van der Waals surface area contributed by atoms with Crippen LogP contribution in [0, 0.1) is 0 Å². The van der Waals surface area contributed by atoms with Gasteiger partial charge in [0.15, 0.2) is 0 Å². The maximum atomic E-state index is 4.94. The first-order valence-corrected chi connectivity index (χ1v) is 4.97. The lowest BCUT2D eigenvalue weighted by Crippen LogP contribution is -2.06. The lowest BCUT2D eigenvalue weighted by atomic mass is 10.4. The second-order valence-corrected chi connectivity index (χ2v) is 3.46. The summed E-state index contributed by atoms with van der Waals surface area (Å²) in [5.41, 5.74) is 0. The summed E-state index contributed by atoms with van der Waals surface area (Å²) in [5, 5.41) is 3.21. The molecule has 1 N–H and O–H groups in total. The fraction of sp³-hybridized carbons (Fsp3) is 0.444. The second-order valence-electron chi connectivity index (χ2n) is 2.61. The molecule has 1 aromatic heterocycles. The van der Waals surface area contributed by atoms with Crippen molar-refractivity contribution in [2.24, 2.45) is 0 Å². The van der Waals surface area contributed by atoms with Gasteiger partial charge in [-0.1, -0.05) is 0 Å². The lowest BCUT2D eigenvalue weighted by Gasteiger charge is -2.05. The van der Waals surface area contributed by atoms with Crippen LogP contribution >= 0.6 is 15.9 Å². The minimum atomic E-state index is 0.775. The van der Waals surface area contributed by atoms with E-state index < -0.39 is 0 Å². The summed E-state index contributed by atoms with van der Waals surface area (Å²) in [6, 6.07) is 3.86. The number of methoxy groups -OCH3 is 1. The fourth-order valence-electron chi connectivity index (χ4n) is 0.939. The third-order valence-corrected chi connectivity index (χ3v) is 2.22. The standard InChI is InChI=1S/C9H13BrN2O/c1-13-7-3-6-12-9-8(10)4-2-5-11-9/h2,4-5H,3,6-7H2,1H3,(H,11,12). The highest BCUT2D eigenvalue weighted by atomic mass is 79.9. The number of aromatic nitrogens is 1. The largest absolute Gasteiger partial charge is 0.385 e. The van der Waals surface area contributed by atoms with Gasteiger partial charge < -0.3 is 10.1 Å². The first kappa shape index (κ1) is 10.5. The number of ether oxygens (including phenoxy) is 1. The molecule has 0 saturated carbocycles. The van der Waals surface area contributed by atoms with E-state index in [9.17, 15) is 0 Å². The van der Waals surface area contributed by atoms with Crippen LogP contribution in [0.25, 0.3) is 0 Å². The average molecular weight is 245 g/mol. The van der Waals surface area contributed by atoms with Gasteiger partial charge in [-0.15, -0.1) is 0 Å². The van der Waals surface area contributed by atoms with Gasteiger partial charge in [0.25, 0.3) is 0 Å². The van der Waals surface area contributed by atoms with E-state index in [-0.39, 0.29) is 0 Å². The zero-order valence-electron chi connectivity index (χ0n) is 7.59. The summed E-state index contributed by atoms with van der Waals surface area (Å²) in [6.45, 7) is 1.65. The molecule has 0 aliphatic heterocycles. The number of halogens is 1. The van der Waals surface area contributed by atoms with Gasteiger partial charge >= 0.3 is 0 Å². The summed E-state index contributed by atoms with van der Waals surface area (Å²) in [7, 11) is 1.71. The van der Waals surface area contributed by atoms with Crippen molar-refractivity contribution in [1.29, 1.82) is 0 Å². The normalized spacial score (nSPS) is 10.0. The van der Waals surface area contributed by atoms with Crippen molar-refractivity contribution < 1.29 is 4.74 Å². The molecular formula is C9H13BrN2O. The molecule has 0 aliphatic carbocycles. The molecule has 0 bridgehead atoms. The number of hydrogen-bond acceptors (Lipinski definition) is 3. The Morgan fingerprint density at radius 2 is 2.46 bits per heavy atom. The second kappa shape index (κ2) is 5.94. The summed E-state index contributed by atoms with van der Waals surface area (Å²) in [4.78, 5) is 4.18. The molecule has 72 valence electrons. The first-order valence-electron chi connectivity index (χ1n) is 4.18. The molecule has 3 nitrogen and oxygen atoms in total. The van der Waals surface area contributed by atoms with Crippen molar-refractivity contribution in [2.75, 3.05) is 25.6 Å².